The molecule has 1 heterocycles. The molecule has 4 nitrogen and oxygen atoms in total. The van der Waals surface area contributed by atoms with E-state index in [1.165, 1.54) is 0 Å². The molecular weight excluding hydrogens is 302 g/mol. The first-order valence-corrected chi connectivity index (χ1v) is 8.35. The lowest BCUT2D eigenvalue weighted by Gasteiger charge is -2.32. The van der Waals surface area contributed by atoms with E-state index in [9.17, 15) is 4.79 Å². The molecule has 0 saturated carbocycles. The number of rotatable bonds is 5. The van der Waals surface area contributed by atoms with Crippen LogP contribution in [-0.4, -0.2) is 37.1 Å². The van der Waals surface area contributed by atoms with E-state index < -0.39 is 0 Å². The van der Waals surface area contributed by atoms with Crippen molar-refractivity contribution < 1.29 is 14.3 Å². The number of methoxy groups -OCH3 is 1. The molecule has 2 aromatic rings. The first-order chi connectivity index (χ1) is 11.8. The normalized spacial score (nSPS) is 17.5. The molecule has 1 aliphatic heterocycles. The minimum atomic E-state index is 0.0434. The van der Waals surface area contributed by atoms with Crippen molar-refractivity contribution in [3.8, 4) is 5.75 Å². The molecule has 0 N–H and O–H groups in total. The molecule has 2 aromatic carbocycles. The average molecular weight is 325 g/mol. The third-order valence-corrected chi connectivity index (χ3v) is 4.31. The van der Waals surface area contributed by atoms with Crippen molar-refractivity contribution >= 4 is 5.91 Å². The number of carbonyl (C=O) groups excluding carboxylic acids is 1. The summed E-state index contributed by atoms with van der Waals surface area (Å²) in [5.41, 5.74) is 1.83. The summed E-state index contributed by atoms with van der Waals surface area (Å²) >= 11 is 0. The van der Waals surface area contributed by atoms with Crippen LogP contribution in [0, 0.1) is 0 Å². The maximum Gasteiger partial charge on any atom is 0.254 e. The zero-order chi connectivity index (χ0) is 16.8. The monoisotopic (exact) mass is 325 g/mol. The summed E-state index contributed by atoms with van der Waals surface area (Å²) in [5.74, 6) is 0.747. The lowest BCUT2D eigenvalue weighted by atomic mass is 10.1. The van der Waals surface area contributed by atoms with Crippen LogP contribution in [0.5, 0.6) is 5.75 Å². The zero-order valence-electron chi connectivity index (χ0n) is 14.0. The third kappa shape index (κ3) is 4.15. The molecule has 0 spiro atoms. The highest BCUT2D eigenvalue weighted by Crippen LogP contribution is 2.19. The largest absolute Gasteiger partial charge is 0.497 e. The number of piperidine rings is 1. The van der Waals surface area contributed by atoms with Gasteiger partial charge in [0.25, 0.3) is 5.91 Å². The van der Waals surface area contributed by atoms with Crippen molar-refractivity contribution in [3.63, 3.8) is 0 Å². The van der Waals surface area contributed by atoms with Crippen LogP contribution in [0.1, 0.15) is 28.8 Å². The van der Waals surface area contributed by atoms with Crippen molar-refractivity contribution in [2.75, 3.05) is 20.2 Å². The number of amides is 1. The van der Waals surface area contributed by atoms with Gasteiger partial charge >= 0.3 is 0 Å². The molecule has 3 rings (SSSR count). The second-order valence-electron chi connectivity index (χ2n) is 6.04. The van der Waals surface area contributed by atoms with Gasteiger partial charge in [0, 0.05) is 18.7 Å². The van der Waals surface area contributed by atoms with Gasteiger partial charge in [-0.3, -0.25) is 4.79 Å². The number of ether oxygens (including phenoxy) is 2. The van der Waals surface area contributed by atoms with Crippen LogP contribution in [0.15, 0.2) is 54.6 Å². The number of carbonyl (C=O) groups is 1. The van der Waals surface area contributed by atoms with E-state index in [4.69, 9.17) is 9.47 Å². The molecule has 126 valence electrons. The molecule has 1 amide bonds. The highest BCUT2D eigenvalue weighted by Gasteiger charge is 2.25. The predicted octanol–water partition coefficient (Wildman–Crippen LogP) is 3.52. The van der Waals surface area contributed by atoms with E-state index in [1.54, 1.807) is 13.2 Å². The van der Waals surface area contributed by atoms with Crippen molar-refractivity contribution in [3.05, 3.63) is 65.7 Å². The Morgan fingerprint density at radius 1 is 1.17 bits per heavy atom. The van der Waals surface area contributed by atoms with Crippen LogP contribution in [0.25, 0.3) is 0 Å². The molecular formula is C20H23NO3. The fraction of sp³-hybridized carbons (Fsp3) is 0.350. The molecule has 1 aliphatic rings. The molecule has 1 atom stereocenters. The number of benzene rings is 2. The number of nitrogens with zero attached hydrogens (tertiary/aromatic N) is 1. The molecule has 0 aromatic heterocycles. The molecule has 0 bridgehead atoms. The Hall–Kier alpha value is -2.33. The molecule has 1 unspecified atom stereocenters. The van der Waals surface area contributed by atoms with E-state index in [0.717, 1.165) is 24.9 Å². The van der Waals surface area contributed by atoms with Crippen LogP contribution in [0.3, 0.4) is 0 Å². The Morgan fingerprint density at radius 2 is 2.00 bits per heavy atom. The summed E-state index contributed by atoms with van der Waals surface area (Å²) < 4.78 is 11.2. The lowest BCUT2D eigenvalue weighted by Crippen LogP contribution is -2.43. The van der Waals surface area contributed by atoms with Gasteiger partial charge in [-0.1, -0.05) is 36.4 Å². The highest BCUT2D eigenvalue weighted by atomic mass is 16.5. The van der Waals surface area contributed by atoms with Crippen molar-refractivity contribution in [2.45, 2.75) is 25.6 Å². The average Bonchev–Trinajstić information content (AvgIpc) is 2.67. The van der Waals surface area contributed by atoms with E-state index in [0.29, 0.717) is 24.5 Å². The van der Waals surface area contributed by atoms with Crippen LogP contribution < -0.4 is 4.74 Å². The van der Waals surface area contributed by atoms with E-state index >= 15 is 0 Å². The van der Waals surface area contributed by atoms with Gasteiger partial charge in [-0.2, -0.15) is 0 Å². The van der Waals surface area contributed by atoms with Crippen LogP contribution in [-0.2, 0) is 11.3 Å². The Kier molecular flexibility index (Phi) is 5.49. The first kappa shape index (κ1) is 16.5. The molecule has 24 heavy (non-hydrogen) atoms. The SMILES string of the molecule is COc1cccc(C(=O)N2CCCC(OCc3ccccc3)C2)c1. The second kappa shape index (κ2) is 7.97. The standard InChI is InChI=1S/C20H23NO3/c1-23-18-10-5-9-17(13-18)20(22)21-12-6-11-19(14-21)24-15-16-7-3-2-4-8-16/h2-5,7-10,13,19H,6,11-12,14-15H2,1H3. The topological polar surface area (TPSA) is 38.8 Å². The Balaban J connectivity index is 1.59. The van der Waals surface area contributed by atoms with Gasteiger partial charge in [0.05, 0.1) is 19.8 Å². The third-order valence-electron chi connectivity index (χ3n) is 4.31. The first-order valence-electron chi connectivity index (χ1n) is 8.35. The maximum absolute atomic E-state index is 12.7. The van der Waals surface area contributed by atoms with Gasteiger partial charge in [0.15, 0.2) is 0 Å². The van der Waals surface area contributed by atoms with E-state index in [-0.39, 0.29) is 12.0 Å². The Labute approximate surface area is 143 Å². The highest BCUT2D eigenvalue weighted by molar-refractivity contribution is 5.94. The number of hydrogen-bond donors (Lipinski definition) is 0. The van der Waals surface area contributed by atoms with Gasteiger partial charge in [-0.25, -0.2) is 0 Å². The molecule has 0 radical (unpaired) electrons. The molecule has 1 saturated heterocycles. The molecule has 1 fully saturated rings. The Bertz CT molecular complexity index is 672. The smallest absolute Gasteiger partial charge is 0.254 e. The number of likely N-dealkylation sites (tertiary alicyclic amines) is 1. The van der Waals surface area contributed by atoms with Crippen molar-refractivity contribution in [1.29, 1.82) is 0 Å². The van der Waals surface area contributed by atoms with Crippen LogP contribution >= 0.6 is 0 Å². The quantitative estimate of drug-likeness (QED) is 0.844. The minimum absolute atomic E-state index is 0.0434. The lowest BCUT2D eigenvalue weighted by molar-refractivity contribution is -0.00673. The van der Waals surface area contributed by atoms with Gasteiger partial charge < -0.3 is 14.4 Å². The zero-order valence-corrected chi connectivity index (χ0v) is 14.0. The predicted molar refractivity (Wildman–Crippen MR) is 93.2 cm³/mol. The van der Waals surface area contributed by atoms with Gasteiger partial charge in [-0.05, 0) is 36.6 Å². The summed E-state index contributed by atoms with van der Waals surface area (Å²) in [6.07, 6.45) is 2.05. The van der Waals surface area contributed by atoms with Gasteiger partial charge in [-0.15, -0.1) is 0 Å². The van der Waals surface area contributed by atoms with Crippen LogP contribution in [0.4, 0.5) is 0 Å². The second-order valence-corrected chi connectivity index (χ2v) is 6.04. The summed E-state index contributed by atoms with van der Waals surface area (Å²) in [7, 11) is 1.61. The summed E-state index contributed by atoms with van der Waals surface area (Å²) in [4.78, 5) is 14.6. The molecule has 4 heteroatoms. The summed E-state index contributed by atoms with van der Waals surface area (Å²) in [6.45, 7) is 2.01. The van der Waals surface area contributed by atoms with Gasteiger partial charge in [0.1, 0.15) is 5.75 Å². The van der Waals surface area contributed by atoms with Gasteiger partial charge in [0.2, 0.25) is 0 Å². The minimum Gasteiger partial charge on any atom is -0.497 e. The van der Waals surface area contributed by atoms with Crippen molar-refractivity contribution in [1.82, 2.24) is 4.90 Å². The number of hydrogen-bond acceptors (Lipinski definition) is 3. The summed E-state index contributed by atoms with van der Waals surface area (Å²) in [6, 6.07) is 17.5. The Morgan fingerprint density at radius 3 is 2.79 bits per heavy atom. The fourth-order valence-corrected chi connectivity index (χ4v) is 2.99. The molecule has 0 aliphatic carbocycles. The summed E-state index contributed by atoms with van der Waals surface area (Å²) in [5, 5.41) is 0. The maximum atomic E-state index is 12.7. The van der Waals surface area contributed by atoms with Crippen molar-refractivity contribution in [2.24, 2.45) is 0 Å². The van der Waals surface area contributed by atoms with E-state index in [1.807, 2.05) is 41.3 Å². The van der Waals surface area contributed by atoms with Crippen LogP contribution in [0.2, 0.25) is 0 Å². The fourth-order valence-electron chi connectivity index (χ4n) is 2.99. The van der Waals surface area contributed by atoms with E-state index in [2.05, 4.69) is 12.1 Å².